The number of rotatable bonds is 6. The molecule has 4 rings (SSSR count). The summed E-state index contributed by atoms with van der Waals surface area (Å²) in [7, 11) is 0. The molecule has 0 saturated carbocycles. The molecule has 3 aromatic carbocycles. The molecule has 4 aromatic rings. The first kappa shape index (κ1) is 24.1. The zero-order valence-corrected chi connectivity index (χ0v) is 20.3. The Morgan fingerprint density at radius 2 is 1.66 bits per heavy atom. The van der Waals surface area contributed by atoms with E-state index in [-0.39, 0.29) is 17.2 Å². The number of nitrogens with one attached hydrogen (secondary N) is 1. The third-order valence-corrected chi connectivity index (χ3v) is 5.87. The van der Waals surface area contributed by atoms with E-state index in [9.17, 15) is 14.0 Å². The van der Waals surface area contributed by atoms with Gasteiger partial charge in [0, 0.05) is 6.54 Å². The maximum Gasteiger partial charge on any atom is 0.322 e. The molecule has 1 aromatic heterocycles. The zero-order valence-electron chi connectivity index (χ0n) is 20.3. The number of urea groups is 1. The third-order valence-electron chi connectivity index (χ3n) is 5.87. The SMILES string of the molecule is Cc1ccc(-n2c(C(C)N(CC(C)C)C(=O)Nc3ccccc3F)nc3ccccc3c2=O)cc1. The summed E-state index contributed by atoms with van der Waals surface area (Å²) < 4.78 is 15.8. The Labute approximate surface area is 204 Å². The molecule has 0 radical (unpaired) electrons. The highest BCUT2D eigenvalue weighted by molar-refractivity contribution is 5.89. The predicted molar refractivity (Wildman–Crippen MR) is 137 cm³/mol. The number of halogens is 1. The number of hydrogen-bond acceptors (Lipinski definition) is 3. The van der Waals surface area contributed by atoms with Gasteiger partial charge in [-0.1, -0.05) is 55.8 Å². The molecule has 7 heteroatoms. The molecular weight excluding hydrogens is 443 g/mol. The van der Waals surface area contributed by atoms with Gasteiger partial charge in [0.25, 0.3) is 5.56 Å². The molecule has 1 atom stereocenters. The number of aromatic nitrogens is 2. The highest BCUT2D eigenvalue weighted by Crippen LogP contribution is 2.25. The average molecular weight is 473 g/mol. The Hall–Kier alpha value is -4.00. The number of hydrogen-bond donors (Lipinski definition) is 1. The number of aryl methyl sites for hydroxylation is 1. The highest BCUT2D eigenvalue weighted by Gasteiger charge is 2.28. The van der Waals surface area contributed by atoms with Crippen molar-refractivity contribution < 1.29 is 9.18 Å². The van der Waals surface area contributed by atoms with Crippen LogP contribution in [0.15, 0.2) is 77.6 Å². The summed E-state index contributed by atoms with van der Waals surface area (Å²) >= 11 is 0. The topological polar surface area (TPSA) is 67.2 Å². The lowest BCUT2D eigenvalue weighted by atomic mass is 10.1. The van der Waals surface area contributed by atoms with Crippen LogP contribution in [0.1, 0.15) is 38.2 Å². The van der Waals surface area contributed by atoms with E-state index < -0.39 is 17.9 Å². The number of carbonyl (C=O) groups excluding carboxylic acids is 1. The van der Waals surface area contributed by atoms with Crippen molar-refractivity contribution in [1.29, 1.82) is 0 Å². The van der Waals surface area contributed by atoms with E-state index in [0.717, 1.165) is 5.56 Å². The van der Waals surface area contributed by atoms with E-state index in [2.05, 4.69) is 5.32 Å². The molecule has 0 fully saturated rings. The number of benzene rings is 3. The summed E-state index contributed by atoms with van der Waals surface area (Å²) in [6, 6.07) is 19.8. The third kappa shape index (κ3) is 5.09. The van der Waals surface area contributed by atoms with E-state index in [4.69, 9.17) is 4.98 Å². The lowest BCUT2D eigenvalue weighted by molar-refractivity contribution is 0.179. The lowest BCUT2D eigenvalue weighted by Crippen LogP contribution is -2.42. The minimum atomic E-state index is -0.581. The minimum absolute atomic E-state index is 0.0980. The van der Waals surface area contributed by atoms with Gasteiger partial charge in [-0.3, -0.25) is 9.36 Å². The fraction of sp³-hybridized carbons (Fsp3) is 0.250. The van der Waals surface area contributed by atoms with Crippen LogP contribution in [0.3, 0.4) is 0 Å². The number of para-hydroxylation sites is 2. The van der Waals surface area contributed by atoms with Gasteiger partial charge in [-0.05, 0) is 56.2 Å². The highest BCUT2D eigenvalue weighted by atomic mass is 19.1. The van der Waals surface area contributed by atoms with Crippen molar-refractivity contribution in [3.63, 3.8) is 0 Å². The molecule has 2 amide bonds. The van der Waals surface area contributed by atoms with E-state index in [0.29, 0.717) is 29.0 Å². The summed E-state index contributed by atoms with van der Waals surface area (Å²) in [4.78, 5) is 33.5. The van der Waals surface area contributed by atoms with E-state index in [1.54, 1.807) is 39.8 Å². The standard InChI is InChI=1S/C28H29FN4O2/c1-18(2)17-32(28(35)31-25-12-8-6-10-23(25)29)20(4)26-30-24-11-7-5-9-22(24)27(34)33(26)21-15-13-19(3)14-16-21/h5-16,18,20H,17H2,1-4H3,(H,31,35). The Balaban J connectivity index is 1.85. The Kier molecular flexibility index (Phi) is 6.96. The summed E-state index contributed by atoms with van der Waals surface area (Å²) in [6.45, 7) is 8.20. The van der Waals surface area contributed by atoms with Crippen LogP contribution < -0.4 is 10.9 Å². The number of carbonyl (C=O) groups is 1. The molecule has 0 spiro atoms. The number of fused-ring (bicyclic) bond motifs is 1. The summed E-state index contributed by atoms with van der Waals surface area (Å²) in [6.07, 6.45) is 0. The average Bonchev–Trinajstić information content (AvgIpc) is 2.84. The molecule has 1 unspecified atom stereocenters. The molecule has 1 heterocycles. The van der Waals surface area contributed by atoms with Gasteiger partial charge in [0.2, 0.25) is 0 Å². The van der Waals surface area contributed by atoms with Crippen LogP contribution in [-0.2, 0) is 0 Å². The Morgan fingerprint density at radius 3 is 2.34 bits per heavy atom. The second-order valence-electron chi connectivity index (χ2n) is 9.10. The zero-order chi connectivity index (χ0) is 25.1. The van der Waals surface area contributed by atoms with Crippen LogP contribution in [0.4, 0.5) is 14.9 Å². The predicted octanol–water partition coefficient (Wildman–Crippen LogP) is 6.08. The van der Waals surface area contributed by atoms with E-state index >= 15 is 0 Å². The second kappa shape index (κ2) is 10.1. The van der Waals surface area contributed by atoms with Crippen molar-refractivity contribution in [1.82, 2.24) is 14.5 Å². The lowest BCUT2D eigenvalue weighted by Gasteiger charge is -2.32. The van der Waals surface area contributed by atoms with Crippen LogP contribution >= 0.6 is 0 Å². The molecule has 6 nitrogen and oxygen atoms in total. The second-order valence-corrected chi connectivity index (χ2v) is 9.10. The summed E-state index contributed by atoms with van der Waals surface area (Å²) in [5.41, 5.74) is 2.18. The van der Waals surface area contributed by atoms with Crippen molar-refractivity contribution in [3.05, 3.63) is 100 Å². The maximum atomic E-state index is 14.3. The number of nitrogens with zero attached hydrogens (tertiary/aromatic N) is 3. The normalized spacial score (nSPS) is 12.1. The molecule has 0 bridgehead atoms. The fourth-order valence-corrected chi connectivity index (χ4v) is 4.07. The molecule has 0 aliphatic heterocycles. The molecule has 35 heavy (non-hydrogen) atoms. The van der Waals surface area contributed by atoms with Crippen LogP contribution in [0.25, 0.3) is 16.6 Å². The summed E-state index contributed by atoms with van der Waals surface area (Å²) in [5.74, 6) is 0.0455. The van der Waals surface area contributed by atoms with Crippen molar-refractivity contribution in [2.45, 2.75) is 33.7 Å². The van der Waals surface area contributed by atoms with Crippen LogP contribution in [0.2, 0.25) is 0 Å². The molecule has 0 saturated heterocycles. The van der Waals surface area contributed by atoms with Gasteiger partial charge in [0.05, 0.1) is 28.3 Å². The smallest absolute Gasteiger partial charge is 0.314 e. The fourth-order valence-electron chi connectivity index (χ4n) is 4.07. The van der Waals surface area contributed by atoms with Gasteiger partial charge in [0.15, 0.2) is 0 Å². The van der Waals surface area contributed by atoms with Crippen LogP contribution in [0, 0.1) is 18.7 Å². The molecule has 1 N–H and O–H groups in total. The first-order valence-corrected chi connectivity index (χ1v) is 11.7. The van der Waals surface area contributed by atoms with Crippen LogP contribution in [-0.4, -0.2) is 27.0 Å². The quantitative estimate of drug-likeness (QED) is 0.370. The first-order valence-electron chi connectivity index (χ1n) is 11.7. The van der Waals surface area contributed by atoms with Gasteiger partial charge in [0.1, 0.15) is 11.6 Å². The maximum absolute atomic E-state index is 14.3. The van der Waals surface area contributed by atoms with Crippen molar-refractivity contribution in [2.24, 2.45) is 5.92 Å². The molecular formula is C28H29FN4O2. The van der Waals surface area contributed by atoms with E-state index in [1.807, 2.05) is 58.0 Å². The van der Waals surface area contributed by atoms with Crippen molar-refractivity contribution in [3.8, 4) is 5.69 Å². The van der Waals surface area contributed by atoms with Gasteiger partial charge in [-0.25, -0.2) is 14.2 Å². The van der Waals surface area contributed by atoms with Crippen LogP contribution in [0.5, 0.6) is 0 Å². The monoisotopic (exact) mass is 472 g/mol. The minimum Gasteiger partial charge on any atom is -0.314 e. The van der Waals surface area contributed by atoms with Gasteiger partial charge in [-0.2, -0.15) is 0 Å². The van der Waals surface area contributed by atoms with E-state index in [1.165, 1.54) is 12.1 Å². The van der Waals surface area contributed by atoms with Crippen molar-refractivity contribution in [2.75, 3.05) is 11.9 Å². The number of amides is 2. The Bertz CT molecular complexity index is 1410. The Morgan fingerprint density at radius 1 is 1.00 bits per heavy atom. The molecule has 180 valence electrons. The van der Waals surface area contributed by atoms with Gasteiger partial charge in [-0.15, -0.1) is 0 Å². The molecule has 0 aliphatic rings. The largest absolute Gasteiger partial charge is 0.322 e. The van der Waals surface area contributed by atoms with Gasteiger partial charge < -0.3 is 10.2 Å². The summed E-state index contributed by atoms with van der Waals surface area (Å²) in [5, 5.41) is 3.18. The van der Waals surface area contributed by atoms with Gasteiger partial charge >= 0.3 is 6.03 Å². The number of anilines is 1. The molecule has 0 aliphatic carbocycles. The van der Waals surface area contributed by atoms with Crippen molar-refractivity contribution >= 4 is 22.6 Å². The first-order chi connectivity index (χ1) is 16.8.